The number of hydrazone groups is 1. The van der Waals surface area contributed by atoms with E-state index in [9.17, 15) is 9.59 Å². The van der Waals surface area contributed by atoms with Crippen LogP contribution in [0, 0.1) is 0 Å². The van der Waals surface area contributed by atoms with Gasteiger partial charge in [-0.05, 0) is 19.1 Å². The summed E-state index contributed by atoms with van der Waals surface area (Å²) in [7, 11) is 1.85. The van der Waals surface area contributed by atoms with Crippen LogP contribution in [-0.2, 0) is 18.3 Å². The van der Waals surface area contributed by atoms with Gasteiger partial charge in [-0.2, -0.15) is 5.10 Å². The second-order valence-corrected chi connectivity index (χ2v) is 6.35. The van der Waals surface area contributed by atoms with Crippen molar-refractivity contribution in [2.45, 2.75) is 13.3 Å². The summed E-state index contributed by atoms with van der Waals surface area (Å²) in [5.74, 6) is -0.370. The van der Waals surface area contributed by atoms with Crippen LogP contribution in [0.1, 0.15) is 28.5 Å². The Bertz CT molecular complexity index is 1020. The number of aryl methyl sites for hydroxylation is 1. The molecule has 26 heavy (non-hydrogen) atoms. The number of nitrogens with one attached hydrogen (secondary N) is 1. The summed E-state index contributed by atoms with van der Waals surface area (Å²) >= 11 is 6.05. The molecule has 0 fully saturated rings. The van der Waals surface area contributed by atoms with E-state index in [1.54, 1.807) is 12.1 Å². The number of halogens is 1. The van der Waals surface area contributed by atoms with Gasteiger partial charge in [-0.1, -0.05) is 48.0 Å². The number of rotatable bonds is 5. The molecule has 0 aliphatic carbocycles. The molecule has 0 unspecified atom stereocenters. The molecule has 132 valence electrons. The lowest BCUT2D eigenvalue weighted by Crippen LogP contribution is -2.22. The predicted molar refractivity (Wildman–Crippen MR) is 104 cm³/mol. The van der Waals surface area contributed by atoms with E-state index in [1.165, 1.54) is 13.1 Å². The molecule has 1 aromatic heterocycles. The Kier molecular flexibility index (Phi) is 5.19. The van der Waals surface area contributed by atoms with Crippen molar-refractivity contribution in [2.24, 2.45) is 12.1 Å². The molecule has 6 heteroatoms. The molecule has 1 heterocycles. The number of carbonyl (C=O) groups excluding carboxylic acids is 2. The maximum atomic E-state index is 12.3. The fraction of sp³-hybridized carbons (Fsp3) is 0.150. The lowest BCUT2D eigenvalue weighted by molar-refractivity contribution is -0.120. The molecular formula is C20H18ClN3O2. The molecule has 0 atom stereocenters. The Morgan fingerprint density at radius 1 is 1.15 bits per heavy atom. The summed E-state index contributed by atoms with van der Waals surface area (Å²) in [4.78, 5) is 24.4. The van der Waals surface area contributed by atoms with E-state index >= 15 is 0 Å². The molecule has 0 saturated heterocycles. The van der Waals surface area contributed by atoms with Gasteiger partial charge in [-0.3, -0.25) is 9.59 Å². The first-order chi connectivity index (χ1) is 12.5. The summed E-state index contributed by atoms with van der Waals surface area (Å²) in [5, 5.41) is 5.36. The van der Waals surface area contributed by atoms with E-state index in [1.807, 2.05) is 48.0 Å². The summed E-state index contributed by atoms with van der Waals surface area (Å²) < 4.78 is 1.88. The first-order valence-electron chi connectivity index (χ1n) is 8.12. The van der Waals surface area contributed by atoms with E-state index < -0.39 is 0 Å². The Hall–Kier alpha value is -2.92. The van der Waals surface area contributed by atoms with Crippen LogP contribution in [0.2, 0.25) is 5.02 Å². The van der Waals surface area contributed by atoms with Crippen molar-refractivity contribution in [3.8, 4) is 0 Å². The Morgan fingerprint density at radius 3 is 2.58 bits per heavy atom. The number of para-hydroxylation sites is 1. The van der Waals surface area contributed by atoms with Crippen molar-refractivity contribution in [3.63, 3.8) is 0 Å². The summed E-state index contributed by atoms with van der Waals surface area (Å²) in [6, 6.07) is 14.8. The fourth-order valence-corrected chi connectivity index (χ4v) is 3.18. The molecule has 0 spiro atoms. The zero-order valence-corrected chi connectivity index (χ0v) is 15.2. The number of fused-ring (bicyclic) bond motifs is 1. The quantitative estimate of drug-likeness (QED) is 0.424. The van der Waals surface area contributed by atoms with Crippen molar-refractivity contribution >= 4 is 40.4 Å². The number of Topliss-reactive ketones (excluding diaryl/α,β-unsaturated/α-hetero) is 1. The highest BCUT2D eigenvalue weighted by Gasteiger charge is 2.20. The summed E-state index contributed by atoms with van der Waals surface area (Å²) in [6.45, 7) is 1.51. The normalized spacial score (nSPS) is 11.2. The minimum atomic E-state index is -0.304. The van der Waals surface area contributed by atoms with Crippen molar-refractivity contribution in [1.29, 1.82) is 0 Å². The molecule has 1 amide bonds. The smallest absolute Gasteiger partial charge is 0.246 e. The van der Waals surface area contributed by atoms with Crippen LogP contribution in [-0.4, -0.2) is 22.5 Å². The first kappa shape index (κ1) is 17.9. The van der Waals surface area contributed by atoms with E-state index in [4.69, 9.17) is 11.6 Å². The van der Waals surface area contributed by atoms with Gasteiger partial charge < -0.3 is 4.57 Å². The summed E-state index contributed by atoms with van der Waals surface area (Å²) in [5.41, 5.74) is 5.37. The molecule has 3 rings (SSSR count). The van der Waals surface area contributed by atoms with Crippen LogP contribution in [0.5, 0.6) is 0 Å². The summed E-state index contributed by atoms with van der Waals surface area (Å²) in [6.07, 6.45) is 1.55. The second-order valence-electron chi connectivity index (χ2n) is 5.95. The minimum absolute atomic E-state index is 0.0555. The Morgan fingerprint density at radius 2 is 1.85 bits per heavy atom. The van der Waals surface area contributed by atoms with E-state index in [0.29, 0.717) is 21.8 Å². The van der Waals surface area contributed by atoms with Gasteiger partial charge in [0, 0.05) is 39.8 Å². The van der Waals surface area contributed by atoms with Gasteiger partial charge in [-0.15, -0.1) is 0 Å². The number of nitrogens with zero attached hydrogens (tertiary/aromatic N) is 2. The van der Waals surface area contributed by atoms with Crippen LogP contribution >= 0.6 is 11.6 Å². The first-order valence-corrected chi connectivity index (χ1v) is 8.50. The number of hydrogen-bond acceptors (Lipinski definition) is 3. The maximum Gasteiger partial charge on any atom is 0.246 e. The van der Waals surface area contributed by atoms with Gasteiger partial charge in [0.2, 0.25) is 5.91 Å². The highest BCUT2D eigenvalue weighted by Crippen LogP contribution is 2.26. The Balaban J connectivity index is 1.81. The molecule has 1 N–H and O–H groups in total. The van der Waals surface area contributed by atoms with Gasteiger partial charge in [0.25, 0.3) is 0 Å². The van der Waals surface area contributed by atoms with Crippen molar-refractivity contribution in [3.05, 3.63) is 70.4 Å². The molecule has 0 aliphatic rings. The molecule has 0 bridgehead atoms. The zero-order chi connectivity index (χ0) is 18.7. The standard InChI is InChI=1S/C20H18ClN3O2/c1-13(25)20-15-8-4-6-10-17(15)24(2)18(20)11-19(26)23-22-12-14-7-3-5-9-16(14)21/h3-10,12H,11H2,1-2H3,(H,23,26)/b22-12-. The second kappa shape index (κ2) is 7.54. The van der Waals surface area contributed by atoms with Crippen molar-refractivity contribution in [1.82, 2.24) is 9.99 Å². The largest absolute Gasteiger partial charge is 0.346 e. The third kappa shape index (κ3) is 3.53. The van der Waals surface area contributed by atoms with E-state index in [0.717, 1.165) is 10.9 Å². The molecule has 2 aromatic carbocycles. The average Bonchev–Trinajstić information content (AvgIpc) is 2.89. The number of benzene rings is 2. The van der Waals surface area contributed by atoms with Crippen LogP contribution in [0.25, 0.3) is 10.9 Å². The van der Waals surface area contributed by atoms with Gasteiger partial charge >= 0.3 is 0 Å². The topological polar surface area (TPSA) is 63.5 Å². The zero-order valence-electron chi connectivity index (χ0n) is 14.5. The molecule has 0 radical (unpaired) electrons. The van der Waals surface area contributed by atoms with Gasteiger partial charge in [0.1, 0.15) is 0 Å². The highest BCUT2D eigenvalue weighted by molar-refractivity contribution is 6.33. The maximum absolute atomic E-state index is 12.3. The average molecular weight is 368 g/mol. The molecule has 3 aromatic rings. The van der Waals surface area contributed by atoms with E-state index in [2.05, 4.69) is 10.5 Å². The highest BCUT2D eigenvalue weighted by atomic mass is 35.5. The van der Waals surface area contributed by atoms with Crippen LogP contribution in [0.4, 0.5) is 0 Å². The number of aromatic nitrogens is 1. The Labute approximate surface area is 156 Å². The van der Waals surface area contributed by atoms with Crippen LogP contribution in [0.3, 0.4) is 0 Å². The fourth-order valence-electron chi connectivity index (χ4n) is 2.99. The number of carbonyl (C=O) groups is 2. The monoisotopic (exact) mass is 367 g/mol. The van der Waals surface area contributed by atoms with Crippen molar-refractivity contribution < 1.29 is 9.59 Å². The van der Waals surface area contributed by atoms with Gasteiger partial charge in [0.15, 0.2) is 5.78 Å². The lowest BCUT2D eigenvalue weighted by Gasteiger charge is -2.05. The number of amides is 1. The molecular weight excluding hydrogens is 350 g/mol. The predicted octanol–water partition coefficient (Wildman–Crippen LogP) is 3.73. The third-order valence-electron chi connectivity index (χ3n) is 4.21. The molecule has 0 saturated carbocycles. The van der Waals surface area contributed by atoms with Gasteiger partial charge in [0.05, 0.1) is 12.6 Å². The number of ketones is 1. The van der Waals surface area contributed by atoms with Crippen molar-refractivity contribution in [2.75, 3.05) is 0 Å². The molecule has 0 aliphatic heterocycles. The van der Waals surface area contributed by atoms with Crippen LogP contribution < -0.4 is 5.43 Å². The number of hydrogen-bond donors (Lipinski definition) is 1. The van der Waals surface area contributed by atoms with Crippen LogP contribution in [0.15, 0.2) is 53.6 Å². The van der Waals surface area contributed by atoms with E-state index in [-0.39, 0.29) is 18.1 Å². The third-order valence-corrected chi connectivity index (χ3v) is 4.55. The SMILES string of the molecule is CC(=O)c1c(CC(=O)N/N=C\c2ccccc2Cl)n(C)c2ccccc12. The lowest BCUT2D eigenvalue weighted by atomic mass is 10.1. The minimum Gasteiger partial charge on any atom is -0.346 e. The molecule has 5 nitrogen and oxygen atoms in total. The van der Waals surface area contributed by atoms with Gasteiger partial charge in [-0.25, -0.2) is 5.43 Å².